The van der Waals surface area contributed by atoms with E-state index in [1.807, 2.05) is 31.3 Å². The van der Waals surface area contributed by atoms with E-state index in [1.54, 1.807) is 30.1 Å². The first-order valence-corrected chi connectivity index (χ1v) is 8.23. The average molecular weight is 332 g/mol. The molecule has 0 aliphatic carbocycles. The Kier molecular flexibility index (Phi) is 4.85. The van der Waals surface area contributed by atoms with Crippen molar-refractivity contribution >= 4 is 12.1 Å². The van der Waals surface area contributed by atoms with Crippen molar-refractivity contribution in [2.45, 2.75) is 20.0 Å². The number of carbonyl (C=O) groups is 1. The zero-order valence-electron chi connectivity index (χ0n) is 14.5. The minimum Gasteiger partial charge on any atom is -0.493 e. The predicted octanol–water partition coefficient (Wildman–Crippen LogP) is 3.27. The van der Waals surface area contributed by atoms with Crippen molar-refractivity contribution in [2.75, 3.05) is 13.7 Å². The Morgan fingerprint density at radius 2 is 2.20 bits per heavy atom. The largest absolute Gasteiger partial charge is 0.493 e. The van der Waals surface area contributed by atoms with E-state index in [-0.39, 0.29) is 5.91 Å². The van der Waals surface area contributed by atoms with Crippen molar-refractivity contribution in [1.82, 2.24) is 4.90 Å². The molecule has 0 fully saturated rings. The average Bonchev–Trinajstić information content (AvgIpc) is 3.11. The lowest BCUT2D eigenvalue weighted by Gasteiger charge is -2.19. The van der Waals surface area contributed by atoms with E-state index in [0.29, 0.717) is 36.6 Å². The zero-order valence-corrected chi connectivity index (χ0v) is 14.5. The number of aliphatic imine (C=N–C) groups is 1. The molecule has 1 aliphatic heterocycles. The third kappa shape index (κ3) is 3.41. The molecule has 0 radical (unpaired) electrons. The molecule has 0 N–H and O–H groups in total. The highest BCUT2D eigenvalue weighted by atomic mass is 16.5. The number of nitrogens with zero attached hydrogens (tertiary/aromatic N) is 2. The van der Waals surface area contributed by atoms with Crippen molar-refractivity contribution in [2.24, 2.45) is 4.99 Å². The van der Waals surface area contributed by atoms with Gasteiger partial charge >= 0.3 is 0 Å². The molecule has 0 aromatic heterocycles. The molecule has 126 valence electrons. The summed E-state index contributed by atoms with van der Waals surface area (Å²) in [5, 5.41) is 0. The van der Waals surface area contributed by atoms with E-state index < -0.39 is 0 Å². The fourth-order valence-corrected chi connectivity index (χ4v) is 2.95. The van der Waals surface area contributed by atoms with Gasteiger partial charge in [0.1, 0.15) is 5.75 Å². The smallest absolute Gasteiger partial charge is 0.254 e. The Morgan fingerprint density at radius 1 is 1.36 bits per heavy atom. The summed E-state index contributed by atoms with van der Waals surface area (Å²) in [5.41, 5.74) is 4.67. The SMILES string of the molecule is C#Cc1ccc(C(=O)N(C)Cc2cccc3c2CN=C3)cc1OCC. The standard InChI is InChI=1S/C21H20N2O2/c1-4-15-9-10-16(11-20(15)25-5-2)21(24)23(3)14-18-8-6-7-17-12-22-13-19(17)18/h1,6-12H,5,13-14H2,2-3H3. The van der Waals surface area contributed by atoms with Crippen LogP contribution in [0.5, 0.6) is 5.75 Å². The lowest BCUT2D eigenvalue weighted by atomic mass is 10.0. The summed E-state index contributed by atoms with van der Waals surface area (Å²) in [5.74, 6) is 3.08. The van der Waals surface area contributed by atoms with E-state index in [4.69, 9.17) is 11.2 Å². The fraction of sp³-hybridized carbons (Fsp3) is 0.238. The molecule has 2 aromatic carbocycles. The highest BCUT2D eigenvalue weighted by Crippen LogP contribution is 2.23. The van der Waals surface area contributed by atoms with Gasteiger partial charge in [-0.15, -0.1) is 6.42 Å². The third-order valence-electron chi connectivity index (χ3n) is 4.23. The number of benzene rings is 2. The lowest BCUT2D eigenvalue weighted by molar-refractivity contribution is 0.0784. The van der Waals surface area contributed by atoms with Gasteiger partial charge in [0.2, 0.25) is 0 Å². The van der Waals surface area contributed by atoms with Gasteiger partial charge in [0.05, 0.1) is 18.7 Å². The third-order valence-corrected chi connectivity index (χ3v) is 4.23. The maximum Gasteiger partial charge on any atom is 0.254 e. The molecular weight excluding hydrogens is 312 g/mol. The molecule has 0 spiro atoms. The Morgan fingerprint density at radius 3 is 2.96 bits per heavy atom. The van der Waals surface area contributed by atoms with E-state index in [1.165, 1.54) is 5.56 Å². The quantitative estimate of drug-likeness (QED) is 0.789. The maximum absolute atomic E-state index is 12.8. The van der Waals surface area contributed by atoms with E-state index in [9.17, 15) is 4.79 Å². The second-order valence-electron chi connectivity index (χ2n) is 5.90. The van der Waals surface area contributed by atoms with Gasteiger partial charge in [-0.05, 0) is 41.8 Å². The molecule has 25 heavy (non-hydrogen) atoms. The van der Waals surface area contributed by atoms with Crippen molar-refractivity contribution in [3.05, 3.63) is 64.2 Å². The van der Waals surface area contributed by atoms with Crippen LogP contribution in [0, 0.1) is 12.3 Å². The van der Waals surface area contributed by atoms with E-state index in [2.05, 4.69) is 10.9 Å². The van der Waals surface area contributed by atoms with Crippen LogP contribution in [0.25, 0.3) is 0 Å². The molecule has 2 aromatic rings. The Balaban J connectivity index is 1.81. The van der Waals surface area contributed by atoms with Gasteiger partial charge in [-0.25, -0.2) is 0 Å². The molecular formula is C21H20N2O2. The van der Waals surface area contributed by atoms with Gasteiger partial charge in [-0.2, -0.15) is 0 Å². The van der Waals surface area contributed by atoms with Crippen molar-refractivity contribution in [1.29, 1.82) is 0 Å². The van der Waals surface area contributed by atoms with Crippen LogP contribution in [0.1, 0.15) is 39.5 Å². The number of hydrogen-bond acceptors (Lipinski definition) is 3. The second-order valence-corrected chi connectivity index (χ2v) is 5.90. The van der Waals surface area contributed by atoms with Crippen LogP contribution >= 0.6 is 0 Å². The number of hydrogen-bond donors (Lipinski definition) is 0. The molecule has 0 saturated heterocycles. The first kappa shape index (κ1) is 16.8. The zero-order chi connectivity index (χ0) is 17.8. The Labute approximate surface area is 148 Å². The fourth-order valence-electron chi connectivity index (χ4n) is 2.95. The van der Waals surface area contributed by atoms with E-state index >= 15 is 0 Å². The molecule has 0 unspecified atom stereocenters. The van der Waals surface area contributed by atoms with Gasteiger partial charge in [0.15, 0.2) is 0 Å². The van der Waals surface area contributed by atoms with Crippen LogP contribution in [0.3, 0.4) is 0 Å². The molecule has 3 rings (SSSR count). The minimum absolute atomic E-state index is 0.0685. The van der Waals surface area contributed by atoms with Crippen LogP contribution in [0.15, 0.2) is 41.4 Å². The molecule has 0 saturated carbocycles. The van der Waals surface area contributed by atoms with Crippen LogP contribution in [0.4, 0.5) is 0 Å². The van der Waals surface area contributed by atoms with Gasteiger partial charge in [0.25, 0.3) is 5.91 Å². The van der Waals surface area contributed by atoms with Crippen molar-refractivity contribution in [3.63, 3.8) is 0 Å². The summed E-state index contributed by atoms with van der Waals surface area (Å²) in [6, 6.07) is 11.3. The summed E-state index contributed by atoms with van der Waals surface area (Å²) in [6.07, 6.45) is 7.37. The van der Waals surface area contributed by atoms with Crippen molar-refractivity contribution in [3.8, 4) is 18.1 Å². The highest BCUT2D eigenvalue weighted by Gasteiger charge is 2.17. The molecule has 4 nitrogen and oxygen atoms in total. The number of ether oxygens (including phenoxy) is 1. The number of amides is 1. The van der Waals surface area contributed by atoms with Crippen LogP contribution < -0.4 is 4.74 Å². The van der Waals surface area contributed by atoms with Gasteiger partial charge in [0, 0.05) is 25.4 Å². The number of fused-ring (bicyclic) bond motifs is 1. The van der Waals surface area contributed by atoms with Gasteiger partial charge in [-0.1, -0.05) is 24.1 Å². The van der Waals surface area contributed by atoms with Gasteiger partial charge in [-0.3, -0.25) is 9.79 Å². The summed E-state index contributed by atoms with van der Waals surface area (Å²) in [7, 11) is 1.80. The van der Waals surface area contributed by atoms with Crippen LogP contribution in [-0.2, 0) is 13.1 Å². The first-order chi connectivity index (χ1) is 12.1. The minimum atomic E-state index is -0.0685. The summed E-state index contributed by atoms with van der Waals surface area (Å²) < 4.78 is 5.55. The van der Waals surface area contributed by atoms with Crippen molar-refractivity contribution < 1.29 is 9.53 Å². The summed E-state index contributed by atoms with van der Waals surface area (Å²) >= 11 is 0. The number of carbonyl (C=O) groups excluding carboxylic acids is 1. The molecule has 0 atom stereocenters. The topological polar surface area (TPSA) is 41.9 Å². The van der Waals surface area contributed by atoms with Gasteiger partial charge < -0.3 is 9.64 Å². The van der Waals surface area contributed by atoms with E-state index in [0.717, 1.165) is 11.1 Å². The monoisotopic (exact) mass is 332 g/mol. The molecule has 0 bridgehead atoms. The summed E-state index contributed by atoms with van der Waals surface area (Å²) in [6.45, 7) is 3.60. The number of rotatable bonds is 5. The molecule has 1 amide bonds. The highest BCUT2D eigenvalue weighted by molar-refractivity contribution is 5.94. The predicted molar refractivity (Wildman–Crippen MR) is 99.1 cm³/mol. The molecule has 1 heterocycles. The first-order valence-electron chi connectivity index (χ1n) is 8.23. The van der Waals surface area contributed by atoms with Crippen LogP contribution in [-0.4, -0.2) is 30.7 Å². The Hall–Kier alpha value is -3.06. The number of terminal acetylenes is 1. The second kappa shape index (κ2) is 7.23. The molecule has 1 aliphatic rings. The Bertz CT molecular complexity index is 878. The lowest BCUT2D eigenvalue weighted by Crippen LogP contribution is -2.26. The maximum atomic E-state index is 12.8. The summed E-state index contributed by atoms with van der Waals surface area (Å²) in [4.78, 5) is 18.8. The van der Waals surface area contributed by atoms with Crippen LogP contribution in [0.2, 0.25) is 0 Å². The molecule has 4 heteroatoms. The normalized spacial score (nSPS) is 11.7.